The molecule has 2 aromatic rings. The summed E-state index contributed by atoms with van der Waals surface area (Å²) in [6, 6.07) is 0.440. The van der Waals surface area contributed by atoms with Gasteiger partial charge in [-0.2, -0.15) is 9.61 Å². The maximum absolute atomic E-state index is 12.5. The van der Waals surface area contributed by atoms with Crippen molar-refractivity contribution in [2.45, 2.75) is 70.3 Å². The highest BCUT2D eigenvalue weighted by Gasteiger charge is 2.30. The average molecular weight is 333 g/mol. The van der Waals surface area contributed by atoms with E-state index >= 15 is 0 Å². The van der Waals surface area contributed by atoms with Gasteiger partial charge in [0.05, 0.1) is 0 Å². The van der Waals surface area contributed by atoms with Crippen LogP contribution in [0.25, 0.3) is 4.96 Å². The highest BCUT2D eigenvalue weighted by Crippen LogP contribution is 2.39. The van der Waals surface area contributed by atoms with Gasteiger partial charge in [0, 0.05) is 31.3 Å². The monoisotopic (exact) mass is 333 g/mol. The molecule has 0 radical (unpaired) electrons. The molecule has 1 unspecified atom stereocenters. The van der Waals surface area contributed by atoms with Crippen molar-refractivity contribution >= 4 is 22.2 Å². The van der Waals surface area contributed by atoms with Crippen LogP contribution in [0, 0.1) is 0 Å². The fourth-order valence-corrected chi connectivity index (χ4v) is 4.32. The van der Waals surface area contributed by atoms with Crippen molar-refractivity contribution in [1.82, 2.24) is 24.7 Å². The van der Waals surface area contributed by atoms with E-state index in [1.54, 1.807) is 11.3 Å². The van der Waals surface area contributed by atoms with Crippen molar-refractivity contribution in [3.63, 3.8) is 0 Å². The van der Waals surface area contributed by atoms with E-state index in [0.717, 1.165) is 41.6 Å². The number of rotatable bonds is 5. The molecule has 0 N–H and O–H groups in total. The van der Waals surface area contributed by atoms with Gasteiger partial charge in [-0.05, 0) is 38.5 Å². The summed E-state index contributed by atoms with van der Waals surface area (Å²) in [6.45, 7) is 3.10. The van der Waals surface area contributed by atoms with Crippen LogP contribution in [0.15, 0.2) is 0 Å². The number of nitrogens with zero attached hydrogens (tertiary/aromatic N) is 5. The standard InChI is InChI=1S/C16H23N5OS/c1-2-12-5-3-4-10-20(12)14(22)9-8-13-19-21-15(11-6-7-11)17-18-16(21)23-13/h11-12H,2-10H2,1H3. The van der Waals surface area contributed by atoms with Gasteiger partial charge in [0.1, 0.15) is 5.01 Å². The molecule has 1 amide bonds. The molecule has 124 valence electrons. The van der Waals surface area contributed by atoms with Gasteiger partial charge in [0.2, 0.25) is 10.9 Å². The summed E-state index contributed by atoms with van der Waals surface area (Å²) in [7, 11) is 0. The van der Waals surface area contributed by atoms with Gasteiger partial charge >= 0.3 is 0 Å². The number of piperidine rings is 1. The summed E-state index contributed by atoms with van der Waals surface area (Å²) in [5, 5.41) is 14.1. The normalized spacial score (nSPS) is 22.0. The molecule has 4 rings (SSSR count). The number of carbonyl (C=O) groups is 1. The van der Waals surface area contributed by atoms with Gasteiger partial charge in [-0.1, -0.05) is 18.3 Å². The van der Waals surface area contributed by atoms with Crippen molar-refractivity contribution in [2.75, 3.05) is 6.54 Å². The van der Waals surface area contributed by atoms with Crippen molar-refractivity contribution in [3.05, 3.63) is 10.8 Å². The van der Waals surface area contributed by atoms with Crippen LogP contribution in [0.5, 0.6) is 0 Å². The Bertz CT molecular complexity index is 704. The number of fused-ring (bicyclic) bond motifs is 1. The van der Waals surface area contributed by atoms with Crippen LogP contribution in [-0.2, 0) is 11.2 Å². The Balaban J connectivity index is 1.41. The van der Waals surface area contributed by atoms with Gasteiger partial charge in [-0.15, -0.1) is 10.2 Å². The number of amides is 1. The molecule has 0 bridgehead atoms. The van der Waals surface area contributed by atoms with Crippen LogP contribution in [0.1, 0.15) is 68.6 Å². The molecule has 1 saturated heterocycles. The van der Waals surface area contributed by atoms with E-state index in [1.165, 1.54) is 19.3 Å². The molecular formula is C16H23N5OS. The van der Waals surface area contributed by atoms with E-state index in [4.69, 9.17) is 0 Å². The molecule has 2 fully saturated rings. The third-order valence-corrected chi connectivity index (χ3v) is 5.93. The molecule has 23 heavy (non-hydrogen) atoms. The topological polar surface area (TPSA) is 63.4 Å². The maximum Gasteiger partial charge on any atom is 0.234 e. The number of carbonyl (C=O) groups excluding carboxylic acids is 1. The van der Waals surface area contributed by atoms with Gasteiger partial charge in [-0.3, -0.25) is 4.79 Å². The van der Waals surface area contributed by atoms with Crippen molar-refractivity contribution in [1.29, 1.82) is 0 Å². The highest BCUT2D eigenvalue weighted by atomic mass is 32.1. The first kappa shape index (κ1) is 15.1. The fraction of sp³-hybridized carbons (Fsp3) is 0.750. The van der Waals surface area contributed by atoms with Crippen LogP contribution in [0.4, 0.5) is 0 Å². The third-order valence-electron chi connectivity index (χ3n) is 4.97. The summed E-state index contributed by atoms with van der Waals surface area (Å²) < 4.78 is 1.89. The number of aromatic nitrogens is 4. The zero-order chi connectivity index (χ0) is 15.8. The van der Waals surface area contributed by atoms with E-state index in [2.05, 4.69) is 27.1 Å². The Kier molecular flexibility index (Phi) is 4.05. The van der Waals surface area contributed by atoms with E-state index in [0.29, 0.717) is 24.8 Å². The summed E-state index contributed by atoms with van der Waals surface area (Å²) >= 11 is 1.57. The van der Waals surface area contributed by atoms with E-state index < -0.39 is 0 Å². The quantitative estimate of drug-likeness (QED) is 0.844. The fourth-order valence-electron chi connectivity index (χ4n) is 3.48. The summed E-state index contributed by atoms with van der Waals surface area (Å²) in [4.78, 5) is 15.5. The van der Waals surface area contributed by atoms with E-state index in [1.807, 2.05) is 4.52 Å². The molecule has 1 aliphatic heterocycles. The second kappa shape index (κ2) is 6.19. The van der Waals surface area contributed by atoms with Crippen molar-refractivity contribution < 1.29 is 4.79 Å². The lowest BCUT2D eigenvalue weighted by atomic mass is 9.99. The minimum atomic E-state index is 0.282. The minimum Gasteiger partial charge on any atom is -0.340 e. The van der Waals surface area contributed by atoms with Gasteiger partial charge in [0.25, 0.3) is 0 Å². The molecule has 0 spiro atoms. The molecule has 1 atom stereocenters. The lowest BCUT2D eigenvalue weighted by Gasteiger charge is -2.35. The molecule has 2 aliphatic rings. The second-order valence-corrected chi connectivity index (χ2v) is 7.71. The van der Waals surface area contributed by atoms with Crippen LogP contribution < -0.4 is 0 Å². The Morgan fingerprint density at radius 2 is 2.13 bits per heavy atom. The maximum atomic E-state index is 12.5. The smallest absolute Gasteiger partial charge is 0.234 e. The zero-order valence-corrected chi connectivity index (χ0v) is 14.4. The van der Waals surface area contributed by atoms with Gasteiger partial charge in [-0.25, -0.2) is 0 Å². The lowest BCUT2D eigenvalue weighted by Crippen LogP contribution is -2.43. The number of aryl methyl sites for hydroxylation is 1. The number of hydrogen-bond donors (Lipinski definition) is 0. The van der Waals surface area contributed by atoms with Crippen molar-refractivity contribution in [2.24, 2.45) is 0 Å². The van der Waals surface area contributed by atoms with Crippen molar-refractivity contribution in [3.8, 4) is 0 Å². The predicted molar refractivity (Wildman–Crippen MR) is 88.6 cm³/mol. The first-order valence-corrected chi connectivity index (χ1v) is 9.58. The molecular weight excluding hydrogens is 310 g/mol. The molecule has 1 aliphatic carbocycles. The van der Waals surface area contributed by atoms with Crippen LogP contribution in [-0.4, -0.2) is 43.2 Å². The molecule has 6 nitrogen and oxygen atoms in total. The van der Waals surface area contributed by atoms with E-state index in [-0.39, 0.29) is 5.91 Å². The summed E-state index contributed by atoms with van der Waals surface area (Å²) in [6.07, 6.45) is 8.27. The van der Waals surface area contributed by atoms with Gasteiger partial charge < -0.3 is 4.90 Å². The summed E-state index contributed by atoms with van der Waals surface area (Å²) in [5.74, 6) is 1.82. The molecule has 3 heterocycles. The number of hydrogen-bond acceptors (Lipinski definition) is 5. The van der Waals surface area contributed by atoms with Crippen LogP contribution in [0.2, 0.25) is 0 Å². The first-order valence-electron chi connectivity index (χ1n) is 8.76. The Hall–Kier alpha value is -1.50. The van der Waals surface area contributed by atoms with Gasteiger partial charge in [0.15, 0.2) is 5.82 Å². The molecule has 0 aromatic carbocycles. The Morgan fingerprint density at radius 1 is 1.26 bits per heavy atom. The van der Waals surface area contributed by atoms with Crippen LogP contribution in [0.3, 0.4) is 0 Å². The Morgan fingerprint density at radius 3 is 2.91 bits per heavy atom. The minimum absolute atomic E-state index is 0.282. The third kappa shape index (κ3) is 2.98. The highest BCUT2D eigenvalue weighted by molar-refractivity contribution is 7.16. The van der Waals surface area contributed by atoms with Crippen LogP contribution >= 0.6 is 11.3 Å². The summed E-state index contributed by atoms with van der Waals surface area (Å²) in [5.41, 5.74) is 0. The SMILES string of the molecule is CCC1CCCCN1C(=O)CCc1nn2c(C3CC3)nnc2s1. The average Bonchev–Trinajstić information content (AvgIpc) is 3.22. The largest absolute Gasteiger partial charge is 0.340 e. The Labute approximate surface area is 139 Å². The zero-order valence-electron chi connectivity index (χ0n) is 13.6. The molecule has 2 aromatic heterocycles. The number of likely N-dealkylation sites (tertiary alicyclic amines) is 1. The molecule has 1 saturated carbocycles. The van der Waals surface area contributed by atoms with E-state index in [9.17, 15) is 4.79 Å². The first-order chi connectivity index (χ1) is 11.3. The lowest BCUT2D eigenvalue weighted by molar-refractivity contribution is -0.134. The second-order valence-electron chi connectivity index (χ2n) is 6.67. The predicted octanol–water partition coefficient (Wildman–Crippen LogP) is 2.79. The molecule has 7 heteroatoms.